The van der Waals surface area contributed by atoms with Crippen LogP contribution in [-0.2, 0) is 23.4 Å². The van der Waals surface area contributed by atoms with Gasteiger partial charge < -0.3 is 5.11 Å². The van der Waals surface area contributed by atoms with Crippen LogP contribution in [0.15, 0.2) is 140 Å². The molecule has 208 valence electrons. The van der Waals surface area contributed by atoms with Gasteiger partial charge in [-0.2, -0.15) is 0 Å². The smallest absolute Gasteiger partial charge is 0.362 e. The molecule has 5 aromatic carbocycles. The van der Waals surface area contributed by atoms with Crippen LogP contribution in [0.4, 0.5) is 0 Å². The minimum atomic E-state index is -1.52. The molecule has 42 heavy (non-hydrogen) atoms. The predicted octanol–water partition coefficient (Wildman–Crippen LogP) is 8.19. The lowest BCUT2D eigenvalue weighted by molar-refractivity contribution is -0.586. The average Bonchev–Trinajstić information content (AvgIpc) is 3.29. The van der Waals surface area contributed by atoms with Crippen LogP contribution in [0.1, 0.15) is 33.9 Å². The first-order chi connectivity index (χ1) is 20.5. The van der Waals surface area contributed by atoms with Crippen molar-refractivity contribution >= 4 is 35.0 Å². The highest BCUT2D eigenvalue weighted by molar-refractivity contribution is 6.30. The number of benzene rings is 5. The third kappa shape index (κ3) is 5.09. The third-order valence-electron chi connectivity index (χ3n) is 7.87. The summed E-state index contributed by atoms with van der Waals surface area (Å²) in [4.78, 5) is 16.2. The second-order valence-electron chi connectivity index (χ2n) is 10.4. The first-order valence-corrected chi connectivity index (χ1v) is 14.5. The maximum absolute atomic E-state index is 14.1. The van der Waals surface area contributed by atoms with Crippen molar-refractivity contribution in [3.63, 3.8) is 0 Å². The largest absolute Gasteiger partial charge is 0.477 e. The Morgan fingerprint density at radius 1 is 0.690 bits per heavy atom. The number of aliphatic carboxylic acids is 1. The Hall–Kier alpha value is -4.38. The molecule has 0 bridgehead atoms. The molecule has 0 saturated carbocycles. The maximum atomic E-state index is 14.1. The van der Waals surface area contributed by atoms with E-state index < -0.39 is 17.6 Å². The minimum absolute atomic E-state index is 0.370. The van der Waals surface area contributed by atoms with E-state index in [4.69, 9.17) is 23.2 Å². The van der Waals surface area contributed by atoms with Crippen LogP contribution >= 0.6 is 23.2 Å². The van der Waals surface area contributed by atoms with Crippen molar-refractivity contribution in [2.45, 2.75) is 24.7 Å². The van der Waals surface area contributed by atoms with Crippen LogP contribution in [0.5, 0.6) is 0 Å². The Labute approximate surface area is 255 Å². The van der Waals surface area contributed by atoms with Gasteiger partial charge in [0.05, 0.1) is 5.56 Å². The van der Waals surface area contributed by atoms with Crippen molar-refractivity contribution in [2.75, 3.05) is 0 Å². The summed E-state index contributed by atoms with van der Waals surface area (Å²) in [6.07, 6.45) is 0. The summed E-state index contributed by atoms with van der Waals surface area (Å²) in [6.45, 7) is 0.863. The zero-order chi connectivity index (χ0) is 29.1. The van der Waals surface area contributed by atoms with Crippen molar-refractivity contribution in [1.29, 1.82) is 0 Å². The summed E-state index contributed by atoms with van der Waals surface area (Å²) in [5.41, 5.74) is 2.97. The molecule has 1 aliphatic heterocycles. The van der Waals surface area contributed by atoms with Gasteiger partial charge in [-0.15, -0.1) is 0 Å². The summed E-state index contributed by atoms with van der Waals surface area (Å²) in [5, 5.41) is 12.7. The van der Waals surface area contributed by atoms with Crippen molar-refractivity contribution in [3.05, 3.63) is 177 Å². The van der Waals surface area contributed by atoms with Gasteiger partial charge in [0.1, 0.15) is 13.1 Å². The van der Waals surface area contributed by atoms with Crippen molar-refractivity contribution < 1.29 is 14.5 Å². The van der Waals surface area contributed by atoms with E-state index in [0.717, 1.165) is 28.1 Å². The van der Waals surface area contributed by atoms with E-state index in [0.29, 0.717) is 28.7 Å². The summed E-state index contributed by atoms with van der Waals surface area (Å²) >= 11 is 12.7. The summed E-state index contributed by atoms with van der Waals surface area (Å²) in [6, 6.07) is 44.3. The van der Waals surface area contributed by atoms with Gasteiger partial charge >= 0.3 is 5.97 Å². The van der Waals surface area contributed by atoms with E-state index in [2.05, 4.69) is 21.6 Å². The van der Waals surface area contributed by atoms with Crippen molar-refractivity contribution in [1.82, 2.24) is 4.90 Å². The molecule has 1 N–H and O–H groups in total. The monoisotopic (exact) mass is 591 g/mol. The van der Waals surface area contributed by atoms with E-state index in [9.17, 15) is 9.90 Å². The number of amidine groups is 1. The SMILES string of the molecule is O=C(O)[C@@]1(c2ccc(Cl)cc2)[C@@H](c2ccc(Cl)cc2)[N+](Cc2ccccc2)=C(c2ccccc2)N1Cc1ccccc1. The highest BCUT2D eigenvalue weighted by Gasteiger charge is 2.67. The molecule has 0 aromatic heterocycles. The lowest BCUT2D eigenvalue weighted by Gasteiger charge is -2.35. The van der Waals surface area contributed by atoms with Crippen LogP contribution in [0.2, 0.25) is 10.0 Å². The van der Waals surface area contributed by atoms with E-state index in [1.54, 1.807) is 12.1 Å². The van der Waals surface area contributed by atoms with Gasteiger partial charge in [-0.25, -0.2) is 14.3 Å². The molecule has 0 amide bonds. The fourth-order valence-electron chi connectivity index (χ4n) is 6.08. The molecule has 5 aromatic rings. The third-order valence-corrected chi connectivity index (χ3v) is 8.37. The van der Waals surface area contributed by atoms with E-state index >= 15 is 0 Å². The molecule has 2 atom stereocenters. The average molecular weight is 593 g/mol. The normalized spacial score (nSPS) is 18.3. The Bertz CT molecular complexity index is 1710. The molecule has 0 unspecified atom stereocenters. The van der Waals surface area contributed by atoms with E-state index in [1.165, 1.54) is 0 Å². The minimum Gasteiger partial charge on any atom is -0.477 e. The number of hydrogen-bond acceptors (Lipinski definition) is 2. The lowest BCUT2D eigenvalue weighted by Crippen LogP contribution is -2.53. The first kappa shape index (κ1) is 27.8. The van der Waals surface area contributed by atoms with Crippen LogP contribution in [-0.4, -0.2) is 26.4 Å². The second-order valence-corrected chi connectivity index (χ2v) is 11.3. The zero-order valence-corrected chi connectivity index (χ0v) is 24.3. The zero-order valence-electron chi connectivity index (χ0n) is 22.8. The number of halogens is 2. The second kappa shape index (κ2) is 11.8. The topological polar surface area (TPSA) is 43.5 Å². The summed E-state index contributed by atoms with van der Waals surface area (Å²) in [5.74, 6) is -0.120. The van der Waals surface area contributed by atoms with Crippen LogP contribution in [0.3, 0.4) is 0 Å². The van der Waals surface area contributed by atoms with Crippen molar-refractivity contribution in [2.24, 2.45) is 0 Å². The van der Waals surface area contributed by atoms with Gasteiger partial charge in [-0.1, -0.05) is 126 Å². The predicted molar refractivity (Wildman–Crippen MR) is 168 cm³/mol. The number of rotatable bonds is 8. The van der Waals surface area contributed by atoms with Gasteiger partial charge in [0.15, 0.2) is 6.04 Å². The van der Waals surface area contributed by atoms with Gasteiger partial charge in [-0.05, 0) is 47.5 Å². The van der Waals surface area contributed by atoms with Gasteiger partial charge in [0, 0.05) is 21.2 Å². The number of carboxylic acid groups (broad SMARTS) is 1. The summed E-state index contributed by atoms with van der Waals surface area (Å²) in [7, 11) is 0. The molecule has 1 heterocycles. The molecule has 4 nitrogen and oxygen atoms in total. The Kier molecular flexibility index (Phi) is 7.84. The summed E-state index contributed by atoms with van der Waals surface area (Å²) < 4.78 is 2.24. The number of carboxylic acids is 1. The Morgan fingerprint density at radius 3 is 1.74 bits per heavy atom. The standard InChI is InChI=1S/C36H28Cl2N2O2/c37-31-20-16-28(17-21-31)33-36(35(41)42,30-18-22-32(38)23-19-30)40(25-27-12-6-2-7-13-27)34(29-14-8-3-9-15-29)39(33)24-26-10-4-1-5-11-26/h1-23,33H,24-25H2/p+1/t33-,36-/m1/s1. The number of carbonyl (C=O) groups is 1. The molecular formula is C36H29Cl2N2O2+. The van der Waals surface area contributed by atoms with Crippen molar-refractivity contribution in [3.8, 4) is 0 Å². The lowest BCUT2D eigenvalue weighted by atomic mass is 9.78. The maximum Gasteiger partial charge on any atom is 0.362 e. The molecule has 6 heteroatoms. The fraction of sp³-hybridized carbons (Fsp3) is 0.111. The van der Waals surface area contributed by atoms with Crippen LogP contribution in [0, 0.1) is 0 Å². The van der Waals surface area contributed by atoms with Gasteiger partial charge in [0.25, 0.3) is 11.4 Å². The Morgan fingerprint density at radius 2 is 1.19 bits per heavy atom. The van der Waals surface area contributed by atoms with E-state index in [1.807, 2.05) is 115 Å². The highest BCUT2D eigenvalue weighted by atomic mass is 35.5. The molecule has 0 aliphatic carbocycles. The molecule has 0 radical (unpaired) electrons. The molecule has 0 fully saturated rings. The fourth-order valence-corrected chi connectivity index (χ4v) is 6.33. The van der Waals surface area contributed by atoms with E-state index in [-0.39, 0.29) is 0 Å². The quantitative estimate of drug-likeness (QED) is 0.185. The number of hydrogen-bond donors (Lipinski definition) is 1. The Balaban J connectivity index is 1.72. The molecular weight excluding hydrogens is 563 g/mol. The molecule has 6 rings (SSSR count). The molecule has 0 saturated heterocycles. The van der Waals surface area contributed by atoms with Crippen LogP contribution < -0.4 is 0 Å². The first-order valence-electron chi connectivity index (χ1n) is 13.8. The van der Waals surface area contributed by atoms with Gasteiger partial charge in [-0.3, -0.25) is 0 Å². The highest BCUT2D eigenvalue weighted by Crippen LogP contribution is 2.50. The molecule has 1 aliphatic rings. The van der Waals surface area contributed by atoms with Crippen LogP contribution in [0.25, 0.3) is 0 Å². The van der Waals surface area contributed by atoms with Gasteiger partial charge in [0.2, 0.25) is 0 Å². The molecule has 0 spiro atoms. The number of nitrogens with zero attached hydrogens (tertiary/aromatic N) is 2.